The van der Waals surface area contributed by atoms with E-state index in [1.54, 1.807) is 6.92 Å². The highest BCUT2D eigenvalue weighted by Gasteiger charge is 1.81. The largest absolute Gasteiger partial charge is 0.329 e. The van der Waals surface area contributed by atoms with E-state index in [-0.39, 0.29) is 0 Å². The van der Waals surface area contributed by atoms with Crippen LogP contribution in [-0.2, 0) is 0 Å². The zero-order chi connectivity index (χ0) is 4.28. The Morgan fingerprint density at radius 2 is 2.00 bits per heavy atom. The van der Waals surface area contributed by atoms with Gasteiger partial charge in [-0.25, -0.2) is 0 Å². The summed E-state index contributed by atoms with van der Waals surface area (Å²) in [4.78, 5) is 0. The monoisotopic (exact) mass is 73.1 g/mol. The van der Waals surface area contributed by atoms with Gasteiger partial charge in [-0.3, -0.25) is 0 Å². The van der Waals surface area contributed by atoms with Crippen LogP contribution in [0.5, 0.6) is 0 Å². The Balaban J connectivity index is 2.54. The Hall–Kier alpha value is -0.0800. The van der Waals surface area contributed by atoms with Gasteiger partial charge in [0.25, 0.3) is 0 Å². The summed E-state index contributed by atoms with van der Waals surface area (Å²) >= 11 is 0. The highest BCUT2D eigenvalue weighted by atomic mass is 14.7. The van der Waals surface area contributed by atoms with E-state index >= 15 is 0 Å². The molecule has 0 bridgehead atoms. The molecule has 0 saturated carbocycles. The molecular formula is C3H9N2. The Bertz CT molecular complexity index is 18.9. The van der Waals surface area contributed by atoms with Crippen molar-refractivity contribution in [1.29, 1.82) is 0 Å². The number of rotatable bonds is 1. The Labute approximate surface area is 32.1 Å². The summed E-state index contributed by atoms with van der Waals surface area (Å²) in [7, 11) is 0. The second-order valence-electron chi connectivity index (χ2n) is 1.05. The number of hydrogen-bond donors (Lipinski definition) is 2. The van der Waals surface area contributed by atoms with Crippen molar-refractivity contribution in [1.82, 2.24) is 0 Å². The Morgan fingerprint density at radius 1 is 1.80 bits per heavy atom. The average molecular weight is 73.1 g/mol. The minimum atomic E-state index is 0.500. The minimum Gasteiger partial charge on any atom is -0.329 e. The zero-order valence-corrected chi connectivity index (χ0v) is 3.36. The third-order valence-corrected chi connectivity index (χ3v) is 0.322. The van der Waals surface area contributed by atoms with Gasteiger partial charge in [0.1, 0.15) is 0 Å². The molecular weight excluding hydrogens is 64.0 g/mol. The maximum Gasteiger partial charge on any atom is 0.0442 e. The first-order valence-corrected chi connectivity index (χ1v) is 1.55. The molecule has 0 aliphatic rings. The van der Waals surface area contributed by atoms with E-state index in [1.165, 1.54) is 0 Å². The fraction of sp³-hybridized carbons (Fsp3) is 0.667. The standard InChI is InChI=1S/C3H9N2/c1-3(5)2-4/h2,4-5H2,1H3. The van der Waals surface area contributed by atoms with Gasteiger partial charge in [-0.1, -0.05) is 0 Å². The SMILES string of the molecule is C[C](N)CN. The van der Waals surface area contributed by atoms with Crippen molar-refractivity contribution in [2.75, 3.05) is 6.54 Å². The molecule has 1 radical (unpaired) electrons. The second-order valence-corrected chi connectivity index (χ2v) is 1.05. The smallest absolute Gasteiger partial charge is 0.0442 e. The Kier molecular flexibility index (Phi) is 2.14. The quantitative estimate of drug-likeness (QED) is 0.438. The van der Waals surface area contributed by atoms with E-state index in [9.17, 15) is 0 Å². The molecule has 0 atom stereocenters. The molecule has 4 N–H and O–H groups in total. The van der Waals surface area contributed by atoms with Gasteiger partial charge < -0.3 is 11.5 Å². The molecule has 2 heteroatoms. The van der Waals surface area contributed by atoms with E-state index in [0.29, 0.717) is 6.54 Å². The summed E-state index contributed by atoms with van der Waals surface area (Å²) in [5, 5.41) is 0. The van der Waals surface area contributed by atoms with Crippen LogP contribution >= 0.6 is 0 Å². The zero-order valence-electron chi connectivity index (χ0n) is 3.36. The third kappa shape index (κ3) is 3.92. The first kappa shape index (κ1) is 4.92. The topological polar surface area (TPSA) is 52.0 Å². The van der Waals surface area contributed by atoms with Crippen LogP contribution in [0.2, 0.25) is 0 Å². The molecule has 0 spiro atoms. The van der Waals surface area contributed by atoms with Crippen LogP contribution in [0.1, 0.15) is 6.92 Å². The maximum atomic E-state index is 5.08. The average Bonchev–Trinajstić information content (AvgIpc) is 1.38. The fourth-order valence-electron chi connectivity index (χ4n) is 0. The maximum absolute atomic E-state index is 5.08. The molecule has 0 fully saturated rings. The molecule has 0 aromatic carbocycles. The Morgan fingerprint density at radius 3 is 2.00 bits per heavy atom. The van der Waals surface area contributed by atoms with E-state index in [2.05, 4.69) is 0 Å². The number of hydrogen-bond acceptors (Lipinski definition) is 2. The van der Waals surface area contributed by atoms with Gasteiger partial charge in [0.05, 0.1) is 0 Å². The van der Waals surface area contributed by atoms with Gasteiger partial charge in [-0.15, -0.1) is 0 Å². The molecule has 0 heterocycles. The molecule has 0 aromatic heterocycles. The van der Waals surface area contributed by atoms with Crippen molar-refractivity contribution in [3.63, 3.8) is 0 Å². The summed E-state index contributed by atoms with van der Waals surface area (Å²) in [6.45, 7) is 2.29. The van der Waals surface area contributed by atoms with E-state index in [4.69, 9.17) is 11.5 Å². The van der Waals surface area contributed by atoms with Crippen molar-refractivity contribution in [3.8, 4) is 0 Å². The van der Waals surface area contributed by atoms with Crippen molar-refractivity contribution in [3.05, 3.63) is 6.04 Å². The highest BCUT2D eigenvalue weighted by molar-refractivity contribution is 4.73. The molecule has 0 aromatic rings. The lowest BCUT2D eigenvalue weighted by Gasteiger charge is -1.90. The lowest BCUT2D eigenvalue weighted by Crippen LogP contribution is -2.16. The van der Waals surface area contributed by atoms with Gasteiger partial charge in [-0.2, -0.15) is 0 Å². The van der Waals surface area contributed by atoms with Crippen LogP contribution in [-0.4, -0.2) is 6.54 Å². The predicted octanol–water partition coefficient (Wildman–Crippen LogP) is -0.544. The lowest BCUT2D eigenvalue weighted by molar-refractivity contribution is 0.929. The van der Waals surface area contributed by atoms with Crippen LogP contribution in [0.25, 0.3) is 0 Å². The summed E-state index contributed by atoms with van der Waals surface area (Å²) in [6.07, 6.45) is 0. The molecule has 2 nitrogen and oxygen atoms in total. The summed E-state index contributed by atoms with van der Waals surface area (Å²) in [5.74, 6) is 0. The first-order valence-electron chi connectivity index (χ1n) is 1.55. The van der Waals surface area contributed by atoms with E-state index < -0.39 is 0 Å². The van der Waals surface area contributed by atoms with E-state index in [1.807, 2.05) is 0 Å². The van der Waals surface area contributed by atoms with Crippen LogP contribution in [0, 0.1) is 6.04 Å². The van der Waals surface area contributed by atoms with Gasteiger partial charge in [0.2, 0.25) is 0 Å². The van der Waals surface area contributed by atoms with Gasteiger partial charge >= 0.3 is 0 Å². The second kappa shape index (κ2) is 2.18. The summed E-state index contributed by atoms with van der Waals surface area (Å²) in [5.41, 5.74) is 10.1. The van der Waals surface area contributed by atoms with Crippen molar-refractivity contribution in [2.24, 2.45) is 11.5 Å². The van der Waals surface area contributed by atoms with Crippen LogP contribution < -0.4 is 11.5 Å². The molecule has 0 aliphatic carbocycles. The molecule has 0 amide bonds. The predicted molar refractivity (Wildman–Crippen MR) is 22.2 cm³/mol. The van der Waals surface area contributed by atoms with Crippen LogP contribution in [0.15, 0.2) is 0 Å². The molecule has 0 unspecified atom stereocenters. The molecule has 5 heavy (non-hydrogen) atoms. The third-order valence-electron chi connectivity index (χ3n) is 0.322. The van der Waals surface area contributed by atoms with Crippen molar-refractivity contribution in [2.45, 2.75) is 6.92 Å². The summed E-state index contributed by atoms with van der Waals surface area (Å²) in [6, 6.07) is 0.782. The molecule has 0 saturated heterocycles. The fourth-order valence-corrected chi connectivity index (χ4v) is 0. The van der Waals surface area contributed by atoms with Crippen molar-refractivity contribution < 1.29 is 0 Å². The van der Waals surface area contributed by atoms with Gasteiger partial charge in [0.15, 0.2) is 0 Å². The molecule has 0 aliphatic heterocycles. The minimum absolute atomic E-state index is 0.500. The highest BCUT2D eigenvalue weighted by Crippen LogP contribution is 1.72. The molecule has 31 valence electrons. The van der Waals surface area contributed by atoms with Crippen molar-refractivity contribution >= 4 is 0 Å². The van der Waals surface area contributed by atoms with Gasteiger partial charge in [-0.05, 0) is 6.92 Å². The van der Waals surface area contributed by atoms with Crippen LogP contribution in [0.4, 0.5) is 0 Å². The first-order chi connectivity index (χ1) is 2.27. The van der Waals surface area contributed by atoms with E-state index in [0.717, 1.165) is 6.04 Å². The lowest BCUT2D eigenvalue weighted by atomic mass is 10.4. The van der Waals surface area contributed by atoms with Crippen LogP contribution in [0.3, 0.4) is 0 Å². The summed E-state index contributed by atoms with van der Waals surface area (Å²) < 4.78 is 0. The normalized spacial score (nSPS) is 9.60. The molecule has 0 rings (SSSR count). The van der Waals surface area contributed by atoms with Gasteiger partial charge in [0, 0.05) is 12.6 Å². The number of nitrogens with two attached hydrogens (primary N) is 2.